The highest BCUT2D eigenvalue weighted by Crippen LogP contribution is 2.25. The summed E-state index contributed by atoms with van der Waals surface area (Å²) < 4.78 is 4.71. The van der Waals surface area contributed by atoms with Crippen LogP contribution in [0, 0.1) is 11.3 Å². The molecule has 1 rings (SSSR count). The molecule has 4 heteroatoms. The van der Waals surface area contributed by atoms with Crippen LogP contribution in [-0.4, -0.2) is 36.6 Å². The lowest BCUT2D eigenvalue weighted by atomic mass is 10.1. The minimum absolute atomic E-state index is 0.253. The summed E-state index contributed by atoms with van der Waals surface area (Å²) >= 11 is 0. The Balaban J connectivity index is 2.63. The molecule has 84 valence electrons. The average Bonchev–Trinajstić information content (AvgIpc) is 2.77. The van der Waals surface area contributed by atoms with Crippen molar-refractivity contribution in [3.63, 3.8) is 0 Å². The first-order chi connectivity index (χ1) is 7.20. The van der Waals surface area contributed by atoms with E-state index in [-0.39, 0.29) is 12.0 Å². The molecule has 1 unspecified atom stereocenters. The van der Waals surface area contributed by atoms with Gasteiger partial charge in [0, 0.05) is 6.04 Å². The molecule has 0 aromatic carbocycles. The van der Waals surface area contributed by atoms with Crippen molar-refractivity contribution < 1.29 is 9.53 Å². The Morgan fingerprint density at radius 2 is 2.20 bits per heavy atom. The summed E-state index contributed by atoms with van der Waals surface area (Å²) in [5.41, 5.74) is 0. The van der Waals surface area contributed by atoms with Crippen LogP contribution in [-0.2, 0) is 9.53 Å². The molecule has 0 bridgehead atoms. The molecular formula is C11H18N2O2. The molecule has 0 amide bonds. The molecule has 0 radical (unpaired) electrons. The molecule has 0 spiro atoms. The van der Waals surface area contributed by atoms with Gasteiger partial charge in [-0.15, -0.1) is 0 Å². The van der Waals surface area contributed by atoms with E-state index < -0.39 is 0 Å². The number of hydrogen-bond donors (Lipinski definition) is 0. The predicted octanol–water partition coefficient (Wildman–Crippen LogP) is 1.32. The molecule has 4 nitrogen and oxygen atoms in total. The number of methoxy groups -OCH3 is 1. The molecule has 1 fully saturated rings. The van der Waals surface area contributed by atoms with Crippen LogP contribution in [0.4, 0.5) is 0 Å². The van der Waals surface area contributed by atoms with Crippen LogP contribution in [0.1, 0.15) is 32.6 Å². The first-order valence-electron chi connectivity index (χ1n) is 5.41. The number of esters is 1. The van der Waals surface area contributed by atoms with Gasteiger partial charge in [-0.2, -0.15) is 5.26 Å². The van der Waals surface area contributed by atoms with Crippen molar-refractivity contribution in [1.82, 2.24) is 4.90 Å². The molecule has 0 aliphatic heterocycles. The molecule has 1 aliphatic rings. The average molecular weight is 210 g/mol. The molecular weight excluding hydrogens is 192 g/mol. The molecule has 0 N–H and O–H groups in total. The van der Waals surface area contributed by atoms with E-state index in [1.165, 1.54) is 20.0 Å². The standard InChI is InChI=1S/C11H18N2O2/c1-9(11(14)15-2)13(8-7-12)10-5-3-4-6-10/h9-10H,3-6,8H2,1-2H3. The van der Waals surface area contributed by atoms with E-state index in [1.807, 2.05) is 11.8 Å². The quantitative estimate of drug-likeness (QED) is 0.518. The van der Waals surface area contributed by atoms with Crippen LogP contribution < -0.4 is 0 Å². The lowest BCUT2D eigenvalue weighted by molar-refractivity contribution is -0.147. The van der Waals surface area contributed by atoms with Crippen molar-refractivity contribution in [1.29, 1.82) is 5.26 Å². The zero-order valence-corrected chi connectivity index (χ0v) is 9.40. The maximum atomic E-state index is 11.4. The van der Waals surface area contributed by atoms with Crippen LogP contribution in [0.2, 0.25) is 0 Å². The molecule has 1 saturated carbocycles. The number of rotatable bonds is 4. The highest BCUT2D eigenvalue weighted by atomic mass is 16.5. The van der Waals surface area contributed by atoms with Gasteiger partial charge in [0.15, 0.2) is 0 Å². The zero-order valence-electron chi connectivity index (χ0n) is 9.40. The number of carbonyl (C=O) groups is 1. The van der Waals surface area contributed by atoms with Crippen LogP contribution in [0.25, 0.3) is 0 Å². The van der Waals surface area contributed by atoms with Crippen molar-refractivity contribution in [3.05, 3.63) is 0 Å². The largest absolute Gasteiger partial charge is 0.468 e. The number of nitrogens with zero attached hydrogens (tertiary/aromatic N) is 2. The Labute approximate surface area is 90.8 Å². The maximum absolute atomic E-state index is 11.4. The Morgan fingerprint density at radius 3 is 2.67 bits per heavy atom. The van der Waals surface area contributed by atoms with Crippen LogP contribution in [0.5, 0.6) is 0 Å². The van der Waals surface area contributed by atoms with Crippen molar-refractivity contribution in [2.45, 2.75) is 44.7 Å². The van der Waals surface area contributed by atoms with Gasteiger partial charge in [0.2, 0.25) is 0 Å². The second-order valence-corrected chi connectivity index (χ2v) is 3.97. The van der Waals surface area contributed by atoms with Crippen LogP contribution >= 0.6 is 0 Å². The van der Waals surface area contributed by atoms with Gasteiger partial charge in [0.25, 0.3) is 0 Å². The smallest absolute Gasteiger partial charge is 0.322 e. The molecule has 1 atom stereocenters. The topological polar surface area (TPSA) is 53.3 Å². The van der Waals surface area contributed by atoms with Gasteiger partial charge in [-0.05, 0) is 19.8 Å². The van der Waals surface area contributed by atoms with Crippen molar-refractivity contribution in [2.24, 2.45) is 0 Å². The number of ether oxygens (including phenoxy) is 1. The summed E-state index contributed by atoms with van der Waals surface area (Å²) in [6.45, 7) is 2.11. The molecule has 0 saturated heterocycles. The SMILES string of the molecule is COC(=O)C(C)N(CC#N)C1CCCC1. The second kappa shape index (κ2) is 5.72. The van der Waals surface area contributed by atoms with Gasteiger partial charge in [-0.25, -0.2) is 0 Å². The summed E-state index contributed by atoms with van der Waals surface area (Å²) in [6, 6.07) is 2.19. The summed E-state index contributed by atoms with van der Waals surface area (Å²) in [6.07, 6.45) is 4.56. The van der Waals surface area contributed by atoms with E-state index >= 15 is 0 Å². The van der Waals surface area contributed by atoms with Crippen LogP contribution in [0.3, 0.4) is 0 Å². The van der Waals surface area contributed by atoms with Crippen molar-refractivity contribution >= 4 is 5.97 Å². The normalized spacial score (nSPS) is 18.8. The predicted molar refractivity (Wildman–Crippen MR) is 56.1 cm³/mol. The third-order valence-corrected chi connectivity index (χ3v) is 3.09. The van der Waals surface area contributed by atoms with E-state index in [2.05, 4.69) is 6.07 Å². The van der Waals surface area contributed by atoms with E-state index in [4.69, 9.17) is 10.00 Å². The van der Waals surface area contributed by atoms with Crippen molar-refractivity contribution in [3.8, 4) is 6.07 Å². The van der Waals surface area contributed by atoms with Crippen LogP contribution in [0.15, 0.2) is 0 Å². The fourth-order valence-corrected chi connectivity index (χ4v) is 2.21. The summed E-state index contributed by atoms with van der Waals surface area (Å²) in [5.74, 6) is -0.253. The van der Waals surface area contributed by atoms with Gasteiger partial charge in [0.1, 0.15) is 6.04 Å². The van der Waals surface area contributed by atoms with Crippen molar-refractivity contribution in [2.75, 3.05) is 13.7 Å². The van der Waals surface area contributed by atoms with Gasteiger partial charge in [0.05, 0.1) is 19.7 Å². The third-order valence-electron chi connectivity index (χ3n) is 3.09. The monoisotopic (exact) mass is 210 g/mol. The highest BCUT2D eigenvalue weighted by molar-refractivity contribution is 5.75. The third kappa shape index (κ3) is 2.93. The first kappa shape index (κ1) is 12.0. The van der Waals surface area contributed by atoms with Gasteiger partial charge >= 0.3 is 5.97 Å². The fraction of sp³-hybridized carbons (Fsp3) is 0.818. The number of hydrogen-bond acceptors (Lipinski definition) is 4. The molecule has 15 heavy (non-hydrogen) atoms. The summed E-state index contributed by atoms with van der Waals surface area (Å²) in [7, 11) is 1.39. The fourth-order valence-electron chi connectivity index (χ4n) is 2.21. The second-order valence-electron chi connectivity index (χ2n) is 3.97. The van der Waals surface area contributed by atoms with Gasteiger partial charge in [-0.3, -0.25) is 9.69 Å². The summed E-state index contributed by atoms with van der Waals surface area (Å²) in [5, 5.41) is 8.76. The minimum atomic E-state index is -0.308. The van der Waals surface area contributed by atoms with E-state index in [1.54, 1.807) is 0 Å². The Kier molecular flexibility index (Phi) is 4.57. The first-order valence-corrected chi connectivity index (χ1v) is 5.41. The van der Waals surface area contributed by atoms with E-state index in [9.17, 15) is 4.79 Å². The van der Waals surface area contributed by atoms with Gasteiger partial charge < -0.3 is 4.74 Å². The maximum Gasteiger partial charge on any atom is 0.322 e. The molecule has 0 aromatic heterocycles. The van der Waals surface area contributed by atoms with E-state index in [0.717, 1.165) is 12.8 Å². The minimum Gasteiger partial charge on any atom is -0.468 e. The number of carbonyl (C=O) groups excluding carboxylic acids is 1. The zero-order chi connectivity index (χ0) is 11.3. The molecule has 0 heterocycles. The van der Waals surface area contributed by atoms with E-state index in [0.29, 0.717) is 12.6 Å². The highest BCUT2D eigenvalue weighted by Gasteiger charge is 2.30. The lowest BCUT2D eigenvalue weighted by Crippen LogP contribution is -2.45. The number of nitriles is 1. The Morgan fingerprint density at radius 1 is 1.60 bits per heavy atom. The molecule has 0 aromatic rings. The lowest BCUT2D eigenvalue weighted by Gasteiger charge is -2.30. The summed E-state index contributed by atoms with van der Waals surface area (Å²) in [4.78, 5) is 13.4. The van der Waals surface area contributed by atoms with Gasteiger partial charge in [-0.1, -0.05) is 12.8 Å². The Hall–Kier alpha value is -1.08. The molecule has 1 aliphatic carbocycles. The Bertz CT molecular complexity index is 254.